The number of amides is 1. The van der Waals surface area contributed by atoms with Gasteiger partial charge in [-0.25, -0.2) is 4.39 Å². The van der Waals surface area contributed by atoms with Crippen LogP contribution in [0.5, 0.6) is 0 Å². The number of morpholine rings is 1. The van der Waals surface area contributed by atoms with Crippen LogP contribution in [0, 0.1) is 6.92 Å². The lowest BCUT2D eigenvalue weighted by atomic mass is 10.1. The molecule has 1 aromatic heterocycles. The van der Waals surface area contributed by atoms with Gasteiger partial charge in [-0.1, -0.05) is 5.16 Å². The molecule has 3 rings (SSSR count). The van der Waals surface area contributed by atoms with E-state index in [2.05, 4.69) is 10.1 Å². The topological polar surface area (TPSA) is 62.0 Å². The van der Waals surface area contributed by atoms with Crippen molar-refractivity contribution in [2.75, 3.05) is 46.9 Å². The molecule has 0 aromatic carbocycles. The Morgan fingerprint density at radius 1 is 1.48 bits per heavy atom. The third-order valence-electron chi connectivity index (χ3n) is 4.92. The fourth-order valence-electron chi connectivity index (χ4n) is 3.58. The summed E-state index contributed by atoms with van der Waals surface area (Å²) in [4.78, 5) is 18.4. The molecule has 7 nitrogen and oxygen atoms in total. The molecule has 0 aliphatic carbocycles. The van der Waals surface area contributed by atoms with E-state index in [1.165, 1.54) is 0 Å². The lowest BCUT2D eigenvalue weighted by Crippen LogP contribution is -2.51. The number of aryl methyl sites for hydroxylation is 1. The zero-order valence-electron chi connectivity index (χ0n) is 15.2. The smallest absolute Gasteiger partial charge is 0.252 e. The summed E-state index contributed by atoms with van der Waals surface area (Å²) in [6.07, 6.45) is -0.887. The minimum absolute atomic E-state index is 0.0318. The third kappa shape index (κ3) is 4.56. The fraction of sp³-hybridized carbons (Fsp3) is 0.765. The lowest BCUT2D eigenvalue weighted by molar-refractivity contribution is -0.148. The van der Waals surface area contributed by atoms with Crippen LogP contribution in [-0.2, 0) is 16.1 Å². The van der Waals surface area contributed by atoms with Gasteiger partial charge in [0, 0.05) is 45.3 Å². The maximum atomic E-state index is 14.0. The zero-order chi connectivity index (χ0) is 18.0. The maximum Gasteiger partial charge on any atom is 0.252 e. The van der Waals surface area contributed by atoms with Crippen molar-refractivity contribution in [1.29, 1.82) is 0 Å². The summed E-state index contributed by atoms with van der Waals surface area (Å²) in [5, 5.41) is 3.88. The Morgan fingerprint density at radius 3 is 2.96 bits per heavy atom. The van der Waals surface area contributed by atoms with E-state index < -0.39 is 12.3 Å². The first-order valence-corrected chi connectivity index (χ1v) is 8.78. The van der Waals surface area contributed by atoms with Crippen molar-refractivity contribution in [3.63, 3.8) is 0 Å². The molecular formula is C17H27FN4O3. The highest BCUT2D eigenvalue weighted by atomic mass is 19.1. The summed E-state index contributed by atoms with van der Waals surface area (Å²) in [7, 11) is 3.75. The summed E-state index contributed by atoms with van der Waals surface area (Å²) < 4.78 is 24.8. The predicted molar refractivity (Wildman–Crippen MR) is 89.8 cm³/mol. The number of carbonyl (C=O) groups excluding carboxylic acids is 1. The maximum absolute atomic E-state index is 14.0. The van der Waals surface area contributed by atoms with Gasteiger partial charge in [0.15, 0.2) is 5.76 Å². The van der Waals surface area contributed by atoms with E-state index in [-0.39, 0.29) is 11.9 Å². The second-order valence-corrected chi connectivity index (χ2v) is 7.19. The largest absolute Gasteiger partial charge is 0.366 e. The average molecular weight is 354 g/mol. The molecule has 0 saturated carbocycles. The number of likely N-dealkylation sites (N-methyl/N-ethyl adjacent to an activating group) is 2. The standard InChI is InChI=1S/C17H27FN4O3/c1-12-6-15(25-19-12)10-22-8-13(18)7-14(22)9-21(3)17(23)16-11-20(2)4-5-24-16/h6,13-14,16H,4-5,7-11H2,1-3H3/t13-,14-,16-/m0/s1. The van der Waals surface area contributed by atoms with Gasteiger partial charge in [-0.2, -0.15) is 0 Å². The predicted octanol–water partition coefficient (Wildman–Crippen LogP) is 0.684. The lowest BCUT2D eigenvalue weighted by Gasteiger charge is -2.33. The number of ether oxygens (including phenoxy) is 1. The van der Waals surface area contributed by atoms with Crippen molar-refractivity contribution in [1.82, 2.24) is 19.9 Å². The molecule has 2 aliphatic rings. The molecule has 2 aliphatic heterocycles. The normalized spacial score (nSPS) is 28.4. The number of halogens is 1. The van der Waals surface area contributed by atoms with Crippen molar-refractivity contribution in [2.24, 2.45) is 0 Å². The van der Waals surface area contributed by atoms with Crippen LogP contribution in [0.25, 0.3) is 0 Å². The number of rotatable bonds is 5. The Labute approximate surface area is 147 Å². The summed E-state index contributed by atoms with van der Waals surface area (Å²) in [6.45, 7) is 5.21. The molecule has 0 spiro atoms. The van der Waals surface area contributed by atoms with E-state index in [1.54, 1.807) is 11.9 Å². The molecule has 3 atom stereocenters. The van der Waals surface area contributed by atoms with E-state index in [0.717, 1.165) is 18.0 Å². The van der Waals surface area contributed by atoms with Crippen LogP contribution in [0.15, 0.2) is 10.6 Å². The van der Waals surface area contributed by atoms with Crippen LogP contribution in [0.1, 0.15) is 17.9 Å². The molecule has 2 saturated heterocycles. The monoisotopic (exact) mass is 354 g/mol. The summed E-state index contributed by atoms with van der Waals surface area (Å²) >= 11 is 0. The van der Waals surface area contributed by atoms with Crippen LogP contribution in [0.2, 0.25) is 0 Å². The number of alkyl halides is 1. The number of hydrogen-bond donors (Lipinski definition) is 0. The molecule has 1 amide bonds. The molecule has 0 bridgehead atoms. The van der Waals surface area contributed by atoms with Gasteiger partial charge in [0.05, 0.1) is 18.8 Å². The minimum Gasteiger partial charge on any atom is -0.366 e. The highest BCUT2D eigenvalue weighted by molar-refractivity contribution is 5.81. The highest BCUT2D eigenvalue weighted by Crippen LogP contribution is 2.24. The number of hydrogen-bond acceptors (Lipinski definition) is 6. The van der Waals surface area contributed by atoms with Crippen molar-refractivity contribution in [3.05, 3.63) is 17.5 Å². The summed E-state index contributed by atoms with van der Waals surface area (Å²) in [5.74, 6) is 0.687. The SMILES string of the molecule is Cc1cc(CN2C[C@@H](F)C[C@H]2CN(C)C(=O)[C@@H]2CN(C)CCO2)on1. The van der Waals surface area contributed by atoms with Gasteiger partial charge in [-0.3, -0.25) is 9.69 Å². The van der Waals surface area contributed by atoms with Crippen LogP contribution >= 0.6 is 0 Å². The number of likely N-dealkylation sites (tertiary alicyclic amines) is 1. The van der Waals surface area contributed by atoms with Crippen LogP contribution < -0.4 is 0 Å². The first-order chi connectivity index (χ1) is 11.9. The summed E-state index contributed by atoms with van der Waals surface area (Å²) in [5.41, 5.74) is 0.813. The van der Waals surface area contributed by atoms with Gasteiger partial charge in [-0.05, 0) is 20.4 Å². The van der Waals surface area contributed by atoms with Gasteiger partial charge in [-0.15, -0.1) is 0 Å². The van der Waals surface area contributed by atoms with Crippen LogP contribution in [-0.4, -0.2) is 91.0 Å². The highest BCUT2D eigenvalue weighted by Gasteiger charge is 2.35. The van der Waals surface area contributed by atoms with Gasteiger partial charge >= 0.3 is 0 Å². The van der Waals surface area contributed by atoms with E-state index >= 15 is 0 Å². The van der Waals surface area contributed by atoms with Crippen molar-refractivity contribution < 1.29 is 18.4 Å². The molecule has 1 aromatic rings. The van der Waals surface area contributed by atoms with Gasteiger partial charge in [0.2, 0.25) is 0 Å². The molecule has 140 valence electrons. The van der Waals surface area contributed by atoms with Crippen molar-refractivity contribution in [2.45, 2.75) is 38.2 Å². The molecule has 0 N–H and O–H groups in total. The van der Waals surface area contributed by atoms with Crippen molar-refractivity contribution in [3.8, 4) is 0 Å². The van der Waals surface area contributed by atoms with E-state index in [9.17, 15) is 9.18 Å². The number of carbonyl (C=O) groups is 1. The molecule has 0 radical (unpaired) electrons. The van der Waals surface area contributed by atoms with E-state index in [1.807, 2.05) is 24.9 Å². The van der Waals surface area contributed by atoms with Crippen molar-refractivity contribution >= 4 is 5.91 Å². The number of nitrogens with zero attached hydrogens (tertiary/aromatic N) is 4. The number of aromatic nitrogens is 1. The quantitative estimate of drug-likeness (QED) is 0.775. The molecule has 3 heterocycles. The fourth-order valence-corrected chi connectivity index (χ4v) is 3.58. The second-order valence-electron chi connectivity index (χ2n) is 7.19. The van der Waals surface area contributed by atoms with Gasteiger partial charge in [0.1, 0.15) is 12.3 Å². The third-order valence-corrected chi connectivity index (χ3v) is 4.92. The molecule has 25 heavy (non-hydrogen) atoms. The average Bonchev–Trinajstić information content (AvgIpc) is 3.12. The Hall–Kier alpha value is -1.51. The zero-order valence-corrected chi connectivity index (χ0v) is 15.2. The Bertz CT molecular complexity index is 596. The Balaban J connectivity index is 1.58. The van der Waals surface area contributed by atoms with Gasteiger partial charge in [0.25, 0.3) is 5.91 Å². The van der Waals surface area contributed by atoms with Crippen LogP contribution in [0.4, 0.5) is 4.39 Å². The van der Waals surface area contributed by atoms with Gasteiger partial charge < -0.3 is 19.1 Å². The Kier molecular flexibility index (Phi) is 5.71. The first-order valence-electron chi connectivity index (χ1n) is 8.78. The summed E-state index contributed by atoms with van der Waals surface area (Å²) in [6, 6.07) is 1.83. The second kappa shape index (κ2) is 7.80. The van der Waals surface area contributed by atoms with Crippen LogP contribution in [0.3, 0.4) is 0 Å². The molecule has 0 unspecified atom stereocenters. The molecule has 8 heteroatoms. The molecule has 2 fully saturated rings. The van der Waals surface area contributed by atoms with E-state index in [4.69, 9.17) is 9.26 Å². The Morgan fingerprint density at radius 2 is 2.28 bits per heavy atom. The van der Waals surface area contributed by atoms with E-state index in [0.29, 0.717) is 39.2 Å². The molecular weight excluding hydrogens is 327 g/mol. The first kappa shape index (κ1) is 18.3. The minimum atomic E-state index is -0.880.